The topological polar surface area (TPSA) is 124 Å². The molecular formula is C23H45NO6S. The normalized spacial score (nSPS) is 15.1. The number of unbranched alkanes of at least 4 members (excludes halogenated alkanes) is 11. The molecule has 0 aliphatic rings. The Morgan fingerprint density at radius 3 is 1.94 bits per heavy atom. The highest BCUT2D eigenvalue weighted by Crippen LogP contribution is 2.11. The van der Waals surface area contributed by atoms with Gasteiger partial charge in [0.1, 0.15) is 6.10 Å². The van der Waals surface area contributed by atoms with E-state index in [1.54, 1.807) is 6.08 Å². The number of hydrogen-bond acceptors (Lipinski definition) is 5. The van der Waals surface area contributed by atoms with Crippen LogP contribution in [0, 0.1) is 0 Å². The first-order valence-electron chi connectivity index (χ1n) is 12.0. The van der Waals surface area contributed by atoms with Gasteiger partial charge in [0.25, 0.3) is 10.1 Å². The number of carbonyl (C=O) groups excluding carboxylic acids is 1. The lowest BCUT2D eigenvalue weighted by molar-refractivity contribution is -0.130. The quantitative estimate of drug-likeness (QED) is 0.122. The molecule has 7 nitrogen and oxygen atoms in total. The van der Waals surface area contributed by atoms with E-state index in [0.29, 0.717) is 6.42 Å². The van der Waals surface area contributed by atoms with Crippen molar-refractivity contribution in [3.63, 3.8) is 0 Å². The SMILES string of the molecule is CCCCCC/C=C/C(O)C(CS(=O)(=O)O)NC(=O)C(O)CCCCCCCCCC. The molecule has 1 amide bonds. The van der Waals surface area contributed by atoms with Gasteiger partial charge in [-0.05, 0) is 19.3 Å². The van der Waals surface area contributed by atoms with Crippen LogP contribution in [-0.4, -0.2) is 53.1 Å². The summed E-state index contributed by atoms with van der Waals surface area (Å²) in [6.45, 7) is 4.29. The minimum atomic E-state index is -4.41. The Bertz CT molecular complexity index is 579. The maximum atomic E-state index is 12.3. The number of aliphatic hydroxyl groups excluding tert-OH is 2. The van der Waals surface area contributed by atoms with Crippen molar-refractivity contribution in [2.45, 2.75) is 122 Å². The van der Waals surface area contributed by atoms with Crippen LogP contribution in [0.25, 0.3) is 0 Å². The van der Waals surface area contributed by atoms with Crippen molar-refractivity contribution in [2.75, 3.05) is 5.75 Å². The number of amides is 1. The average Bonchev–Trinajstić information content (AvgIpc) is 2.70. The molecule has 0 heterocycles. The lowest BCUT2D eigenvalue weighted by Gasteiger charge is -2.22. The summed E-state index contributed by atoms with van der Waals surface area (Å²) >= 11 is 0. The zero-order chi connectivity index (χ0) is 23.5. The van der Waals surface area contributed by atoms with Crippen molar-refractivity contribution in [3.8, 4) is 0 Å². The Morgan fingerprint density at radius 1 is 0.871 bits per heavy atom. The van der Waals surface area contributed by atoms with Crippen molar-refractivity contribution in [1.82, 2.24) is 5.32 Å². The Morgan fingerprint density at radius 2 is 1.39 bits per heavy atom. The predicted octanol–water partition coefficient (Wildman–Crippen LogP) is 4.14. The number of hydrogen-bond donors (Lipinski definition) is 4. The van der Waals surface area contributed by atoms with Crippen LogP contribution >= 0.6 is 0 Å². The van der Waals surface area contributed by atoms with Crippen LogP contribution in [0.15, 0.2) is 12.2 Å². The minimum absolute atomic E-state index is 0.281. The molecule has 0 aliphatic heterocycles. The smallest absolute Gasteiger partial charge is 0.267 e. The van der Waals surface area contributed by atoms with Gasteiger partial charge in [0, 0.05) is 0 Å². The average molecular weight is 464 g/mol. The molecule has 31 heavy (non-hydrogen) atoms. The zero-order valence-electron chi connectivity index (χ0n) is 19.5. The summed E-state index contributed by atoms with van der Waals surface area (Å²) in [5, 5.41) is 22.8. The molecule has 0 rings (SSSR count). The van der Waals surface area contributed by atoms with E-state index in [-0.39, 0.29) is 6.42 Å². The summed E-state index contributed by atoms with van der Waals surface area (Å²) in [5.41, 5.74) is 0. The van der Waals surface area contributed by atoms with Crippen LogP contribution in [0.2, 0.25) is 0 Å². The molecule has 0 aliphatic carbocycles. The molecule has 0 bridgehead atoms. The van der Waals surface area contributed by atoms with E-state index in [0.717, 1.165) is 51.4 Å². The first-order chi connectivity index (χ1) is 14.7. The van der Waals surface area contributed by atoms with Gasteiger partial charge < -0.3 is 15.5 Å². The largest absolute Gasteiger partial charge is 0.387 e. The molecule has 3 atom stereocenters. The molecule has 0 fully saturated rings. The van der Waals surface area contributed by atoms with Crippen LogP contribution in [0.3, 0.4) is 0 Å². The Balaban J connectivity index is 4.44. The lowest BCUT2D eigenvalue weighted by Crippen LogP contribution is -2.50. The molecular weight excluding hydrogens is 418 g/mol. The van der Waals surface area contributed by atoms with Crippen molar-refractivity contribution in [3.05, 3.63) is 12.2 Å². The lowest BCUT2D eigenvalue weighted by atomic mass is 10.0. The number of aliphatic hydroxyl groups is 2. The fourth-order valence-electron chi connectivity index (χ4n) is 3.39. The Kier molecular flexibility index (Phi) is 18.0. The van der Waals surface area contributed by atoms with Crippen molar-refractivity contribution >= 4 is 16.0 Å². The third-order valence-corrected chi connectivity index (χ3v) is 6.10. The van der Waals surface area contributed by atoms with Crippen LogP contribution < -0.4 is 5.32 Å². The van der Waals surface area contributed by atoms with E-state index in [4.69, 9.17) is 4.55 Å². The highest BCUT2D eigenvalue weighted by atomic mass is 32.2. The van der Waals surface area contributed by atoms with Crippen LogP contribution in [-0.2, 0) is 14.9 Å². The first-order valence-corrected chi connectivity index (χ1v) is 13.6. The molecule has 0 radical (unpaired) electrons. The Labute approximate surface area is 189 Å². The number of allylic oxidation sites excluding steroid dienone is 1. The molecule has 0 aromatic rings. The molecule has 4 N–H and O–H groups in total. The maximum absolute atomic E-state index is 12.3. The third-order valence-electron chi connectivity index (χ3n) is 5.32. The van der Waals surface area contributed by atoms with Crippen LogP contribution in [0.1, 0.15) is 104 Å². The summed E-state index contributed by atoms with van der Waals surface area (Å²) in [5.74, 6) is -1.54. The standard InChI is InChI=1S/C23H45NO6S/c1-3-5-7-9-11-12-14-16-18-22(26)23(27)24-20(19-31(28,29)30)21(25)17-15-13-10-8-6-4-2/h15,17,20-22,25-26H,3-14,16,18-19H2,1-2H3,(H,24,27)(H,28,29,30)/b17-15+. The molecule has 0 saturated heterocycles. The van der Waals surface area contributed by atoms with Gasteiger partial charge in [-0.25, -0.2) is 0 Å². The molecule has 0 aromatic heterocycles. The van der Waals surface area contributed by atoms with Crippen LogP contribution in [0.5, 0.6) is 0 Å². The molecule has 8 heteroatoms. The minimum Gasteiger partial charge on any atom is -0.387 e. The number of nitrogens with one attached hydrogen (secondary N) is 1. The van der Waals surface area contributed by atoms with Gasteiger partial charge in [-0.2, -0.15) is 8.42 Å². The van der Waals surface area contributed by atoms with Gasteiger partial charge in [0.05, 0.1) is 17.9 Å². The monoisotopic (exact) mass is 463 g/mol. The second kappa shape index (κ2) is 18.6. The molecule has 184 valence electrons. The third kappa shape index (κ3) is 18.3. The van der Waals surface area contributed by atoms with Gasteiger partial charge in [-0.3, -0.25) is 9.35 Å². The summed E-state index contributed by atoms with van der Waals surface area (Å²) in [6, 6.07) is -1.22. The van der Waals surface area contributed by atoms with Crippen molar-refractivity contribution in [2.24, 2.45) is 0 Å². The summed E-state index contributed by atoms with van der Waals surface area (Å²) < 4.78 is 31.7. The number of rotatable bonds is 20. The number of carbonyl (C=O) groups is 1. The highest BCUT2D eigenvalue weighted by Gasteiger charge is 2.27. The Hall–Kier alpha value is -0.960. The van der Waals surface area contributed by atoms with E-state index in [1.807, 2.05) is 0 Å². The van der Waals surface area contributed by atoms with E-state index in [9.17, 15) is 23.4 Å². The first kappa shape index (κ1) is 30.0. The summed E-state index contributed by atoms with van der Waals surface area (Å²) in [4.78, 5) is 12.3. The fraction of sp³-hybridized carbons (Fsp3) is 0.870. The van der Waals surface area contributed by atoms with Gasteiger partial charge >= 0.3 is 0 Å². The van der Waals surface area contributed by atoms with Crippen LogP contribution in [0.4, 0.5) is 0 Å². The molecule has 0 spiro atoms. The van der Waals surface area contributed by atoms with E-state index >= 15 is 0 Å². The van der Waals surface area contributed by atoms with Gasteiger partial charge in [-0.15, -0.1) is 0 Å². The predicted molar refractivity (Wildman–Crippen MR) is 125 cm³/mol. The van der Waals surface area contributed by atoms with E-state index < -0.39 is 40.0 Å². The summed E-state index contributed by atoms with van der Waals surface area (Å²) in [6.07, 6.45) is 14.7. The zero-order valence-corrected chi connectivity index (χ0v) is 20.3. The van der Waals surface area contributed by atoms with E-state index in [1.165, 1.54) is 31.8 Å². The fourth-order valence-corrected chi connectivity index (χ4v) is 4.13. The van der Waals surface area contributed by atoms with Crippen molar-refractivity contribution < 1.29 is 28.0 Å². The maximum Gasteiger partial charge on any atom is 0.267 e. The van der Waals surface area contributed by atoms with E-state index in [2.05, 4.69) is 19.2 Å². The van der Waals surface area contributed by atoms with Gasteiger partial charge in [0.2, 0.25) is 5.91 Å². The van der Waals surface area contributed by atoms with Gasteiger partial charge in [0.15, 0.2) is 0 Å². The second-order valence-corrected chi connectivity index (χ2v) is 9.91. The van der Waals surface area contributed by atoms with Gasteiger partial charge in [-0.1, -0.05) is 96.6 Å². The molecule has 0 aromatic carbocycles. The second-order valence-electron chi connectivity index (χ2n) is 8.41. The highest BCUT2D eigenvalue weighted by molar-refractivity contribution is 7.85. The summed E-state index contributed by atoms with van der Waals surface area (Å²) in [7, 11) is -4.41. The molecule has 3 unspecified atom stereocenters. The van der Waals surface area contributed by atoms with Crippen molar-refractivity contribution in [1.29, 1.82) is 0 Å². The molecule has 0 saturated carbocycles.